The minimum atomic E-state index is -0.373. The summed E-state index contributed by atoms with van der Waals surface area (Å²) in [5, 5.41) is 12.6. The first-order valence-electron chi connectivity index (χ1n) is 8.01. The van der Waals surface area contributed by atoms with Gasteiger partial charge in [0.15, 0.2) is 0 Å². The second-order valence-electron chi connectivity index (χ2n) is 5.52. The van der Waals surface area contributed by atoms with Crippen LogP contribution in [0.3, 0.4) is 0 Å². The molecular weight excluding hydrogens is 324 g/mol. The third-order valence-electron chi connectivity index (χ3n) is 3.24. The van der Waals surface area contributed by atoms with Crippen LogP contribution in [0.25, 0.3) is 0 Å². The van der Waals surface area contributed by atoms with E-state index in [1.807, 2.05) is 0 Å². The second-order valence-corrected chi connectivity index (χ2v) is 5.52. The van der Waals surface area contributed by atoms with E-state index in [4.69, 9.17) is 15.9 Å². The maximum atomic E-state index is 11.9. The van der Waals surface area contributed by atoms with E-state index in [0.717, 1.165) is 0 Å². The molecule has 0 fully saturated rings. The first-order valence-corrected chi connectivity index (χ1v) is 8.01. The summed E-state index contributed by atoms with van der Waals surface area (Å²) < 4.78 is 4.81. The highest BCUT2D eigenvalue weighted by molar-refractivity contribution is 5.96. The minimum absolute atomic E-state index is 0.0184. The van der Waals surface area contributed by atoms with Crippen molar-refractivity contribution >= 4 is 29.3 Å². The van der Waals surface area contributed by atoms with Gasteiger partial charge in [0.05, 0.1) is 13.0 Å². The summed E-state index contributed by atoms with van der Waals surface area (Å²) in [6.07, 6.45) is 0.130. The summed E-state index contributed by atoms with van der Waals surface area (Å²) in [7, 11) is 0. The summed E-state index contributed by atoms with van der Waals surface area (Å²) in [4.78, 5) is 35.0. The predicted octanol–water partition coefficient (Wildman–Crippen LogP) is 1.15. The van der Waals surface area contributed by atoms with Crippen molar-refractivity contribution in [1.29, 1.82) is 5.41 Å². The molecule has 0 bridgehead atoms. The fraction of sp³-hybridized carbons (Fsp3) is 0.412. The number of hydrogen-bond donors (Lipinski definition) is 4. The van der Waals surface area contributed by atoms with Crippen LogP contribution >= 0.6 is 0 Å². The number of carbonyl (C=O) groups excluding carboxylic acids is 3. The smallest absolute Gasteiger partial charge is 0.307 e. The van der Waals surface area contributed by atoms with Crippen LogP contribution < -0.4 is 16.4 Å². The number of amidine groups is 1. The SMILES string of the molecule is CCOC(=O)CC(C)NC(=O)CCC(=O)Nc1ccc(C(=N)N)cc1. The van der Waals surface area contributed by atoms with Crippen LogP contribution in [0.1, 0.15) is 38.7 Å². The summed E-state index contributed by atoms with van der Waals surface area (Å²) in [5.74, 6) is -1.03. The second kappa shape index (κ2) is 10.1. The van der Waals surface area contributed by atoms with Gasteiger partial charge in [0.2, 0.25) is 11.8 Å². The van der Waals surface area contributed by atoms with Crippen molar-refractivity contribution in [3.63, 3.8) is 0 Å². The molecule has 0 aliphatic rings. The molecule has 8 nitrogen and oxygen atoms in total. The van der Waals surface area contributed by atoms with Crippen molar-refractivity contribution in [2.24, 2.45) is 5.73 Å². The molecule has 2 amide bonds. The van der Waals surface area contributed by atoms with E-state index in [0.29, 0.717) is 17.9 Å². The molecule has 8 heteroatoms. The maximum Gasteiger partial charge on any atom is 0.307 e. The van der Waals surface area contributed by atoms with Crippen molar-refractivity contribution in [2.75, 3.05) is 11.9 Å². The molecule has 0 aromatic heterocycles. The molecule has 0 saturated carbocycles. The fourth-order valence-corrected chi connectivity index (χ4v) is 2.05. The summed E-state index contributed by atoms with van der Waals surface area (Å²) in [6.45, 7) is 3.71. The summed E-state index contributed by atoms with van der Waals surface area (Å²) in [5.41, 5.74) is 6.48. The van der Waals surface area contributed by atoms with E-state index in [1.54, 1.807) is 38.1 Å². The lowest BCUT2D eigenvalue weighted by atomic mass is 10.2. The van der Waals surface area contributed by atoms with Crippen molar-refractivity contribution in [3.05, 3.63) is 29.8 Å². The molecule has 1 unspecified atom stereocenters. The Morgan fingerprint density at radius 2 is 1.76 bits per heavy atom. The Bertz CT molecular complexity index is 628. The minimum Gasteiger partial charge on any atom is -0.466 e. The fourth-order valence-electron chi connectivity index (χ4n) is 2.05. The molecule has 1 aromatic carbocycles. The number of esters is 1. The van der Waals surface area contributed by atoms with E-state index in [1.165, 1.54) is 0 Å². The maximum absolute atomic E-state index is 11.9. The van der Waals surface area contributed by atoms with Gasteiger partial charge in [-0.3, -0.25) is 19.8 Å². The number of amides is 2. The average molecular weight is 348 g/mol. The molecule has 0 aliphatic heterocycles. The molecule has 1 atom stereocenters. The third-order valence-corrected chi connectivity index (χ3v) is 3.24. The standard InChI is InChI=1S/C17H24N4O4/c1-3-25-16(24)10-11(2)20-14(22)8-9-15(23)21-13-6-4-12(5-7-13)17(18)19/h4-7,11H,3,8-10H2,1-2H3,(H3,18,19)(H,20,22)(H,21,23). The lowest BCUT2D eigenvalue weighted by molar-refractivity contribution is -0.143. The number of hydrogen-bond acceptors (Lipinski definition) is 5. The van der Waals surface area contributed by atoms with Crippen LogP contribution in [0.15, 0.2) is 24.3 Å². The average Bonchev–Trinajstić information content (AvgIpc) is 2.53. The van der Waals surface area contributed by atoms with E-state index in [-0.39, 0.29) is 48.9 Å². The van der Waals surface area contributed by atoms with Gasteiger partial charge in [-0.05, 0) is 38.1 Å². The normalized spacial score (nSPS) is 11.3. The molecule has 25 heavy (non-hydrogen) atoms. The number of benzene rings is 1. The van der Waals surface area contributed by atoms with Gasteiger partial charge in [-0.2, -0.15) is 0 Å². The Hall–Kier alpha value is -2.90. The molecule has 0 spiro atoms. The Labute approximate surface area is 146 Å². The van der Waals surface area contributed by atoms with Gasteiger partial charge in [-0.25, -0.2) is 0 Å². The topological polar surface area (TPSA) is 134 Å². The molecule has 1 aromatic rings. The summed E-state index contributed by atoms with van der Waals surface area (Å²) in [6, 6.07) is 6.17. The number of rotatable bonds is 9. The van der Waals surface area contributed by atoms with Gasteiger partial charge in [-0.15, -0.1) is 0 Å². The van der Waals surface area contributed by atoms with Gasteiger partial charge >= 0.3 is 5.97 Å². The number of nitrogens with one attached hydrogen (secondary N) is 3. The van der Waals surface area contributed by atoms with Gasteiger partial charge in [0.25, 0.3) is 0 Å². The zero-order valence-electron chi connectivity index (χ0n) is 14.4. The van der Waals surface area contributed by atoms with Crippen molar-refractivity contribution < 1.29 is 19.1 Å². The van der Waals surface area contributed by atoms with Crippen LogP contribution in [0.2, 0.25) is 0 Å². The molecular formula is C17H24N4O4. The molecule has 0 heterocycles. The van der Waals surface area contributed by atoms with Crippen molar-refractivity contribution in [3.8, 4) is 0 Å². The van der Waals surface area contributed by atoms with Gasteiger partial charge in [0.1, 0.15) is 5.84 Å². The molecule has 136 valence electrons. The van der Waals surface area contributed by atoms with Crippen LogP contribution in [0.4, 0.5) is 5.69 Å². The lowest BCUT2D eigenvalue weighted by Gasteiger charge is -2.13. The Kier molecular flexibility index (Phi) is 8.11. The zero-order valence-corrected chi connectivity index (χ0v) is 14.4. The summed E-state index contributed by atoms with van der Waals surface area (Å²) >= 11 is 0. The Morgan fingerprint density at radius 1 is 1.16 bits per heavy atom. The molecule has 5 N–H and O–H groups in total. The van der Waals surface area contributed by atoms with Crippen molar-refractivity contribution in [1.82, 2.24) is 5.32 Å². The lowest BCUT2D eigenvalue weighted by Crippen LogP contribution is -2.35. The Morgan fingerprint density at radius 3 is 2.32 bits per heavy atom. The number of anilines is 1. The highest BCUT2D eigenvalue weighted by atomic mass is 16.5. The van der Waals surface area contributed by atoms with E-state index < -0.39 is 0 Å². The number of ether oxygens (including phenoxy) is 1. The van der Waals surface area contributed by atoms with E-state index in [9.17, 15) is 14.4 Å². The highest BCUT2D eigenvalue weighted by Crippen LogP contribution is 2.10. The molecule has 1 rings (SSSR count). The van der Waals surface area contributed by atoms with Gasteiger partial charge in [-0.1, -0.05) is 0 Å². The monoisotopic (exact) mass is 348 g/mol. The molecule has 0 saturated heterocycles. The van der Waals surface area contributed by atoms with E-state index in [2.05, 4.69) is 10.6 Å². The van der Waals surface area contributed by atoms with E-state index >= 15 is 0 Å². The van der Waals surface area contributed by atoms with Crippen LogP contribution in [-0.2, 0) is 19.1 Å². The first kappa shape index (κ1) is 20.1. The molecule has 0 aliphatic carbocycles. The van der Waals surface area contributed by atoms with Crippen LogP contribution in [0, 0.1) is 5.41 Å². The first-order chi connectivity index (χ1) is 11.8. The Balaban J connectivity index is 2.34. The predicted molar refractivity (Wildman–Crippen MR) is 94.2 cm³/mol. The number of carbonyl (C=O) groups is 3. The number of nitrogens with two attached hydrogens (primary N) is 1. The molecule has 0 radical (unpaired) electrons. The van der Waals surface area contributed by atoms with Gasteiger partial charge in [0, 0.05) is 30.1 Å². The van der Waals surface area contributed by atoms with Crippen LogP contribution in [0.5, 0.6) is 0 Å². The van der Waals surface area contributed by atoms with Crippen molar-refractivity contribution in [2.45, 2.75) is 39.2 Å². The number of nitrogen functional groups attached to an aromatic ring is 1. The largest absolute Gasteiger partial charge is 0.466 e. The van der Waals surface area contributed by atoms with Gasteiger partial charge < -0.3 is 21.1 Å². The highest BCUT2D eigenvalue weighted by Gasteiger charge is 2.13. The van der Waals surface area contributed by atoms with Crippen LogP contribution in [-0.4, -0.2) is 36.3 Å². The quantitative estimate of drug-likeness (QED) is 0.302. The zero-order chi connectivity index (χ0) is 18.8. The third kappa shape index (κ3) is 7.96.